The van der Waals surface area contributed by atoms with E-state index < -0.39 is 0 Å². The van der Waals surface area contributed by atoms with Crippen LogP contribution >= 0.6 is 0 Å². The Morgan fingerprint density at radius 3 is 2.60 bits per heavy atom. The van der Waals surface area contributed by atoms with Crippen molar-refractivity contribution in [3.05, 3.63) is 53.8 Å². The highest BCUT2D eigenvalue weighted by Gasteiger charge is 2.10. The molecule has 0 saturated carbocycles. The molecule has 0 aliphatic rings. The fourth-order valence-electron chi connectivity index (χ4n) is 2.24. The van der Waals surface area contributed by atoms with Crippen molar-refractivity contribution >= 4 is 16.7 Å². The average Bonchev–Trinajstić information content (AvgIpc) is 2.46. The normalized spacial score (nSPS) is 10.8. The lowest BCUT2D eigenvalue weighted by atomic mass is 10.1. The van der Waals surface area contributed by atoms with Gasteiger partial charge in [0, 0.05) is 18.0 Å². The van der Waals surface area contributed by atoms with Crippen LogP contribution in [0.4, 0.5) is 10.2 Å². The molecule has 0 atom stereocenters. The Morgan fingerprint density at radius 2 is 1.85 bits per heavy atom. The Balaban J connectivity index is 2.29. The molecule has 3 nitrogen and oxygen atoms in total. The van der Waals surface area contributed by atoms with Gasteiger partial charge in [0.2, 0.25) is 0 Å². The predicted molar refractivity (Wildman–Crippen MR) is 79.2 cm³/mol. The molecule has 1 N–H and O–H groups in total. The first-order chi connectivity index (χ1) is 9.69. The van der Waals surface area contributed by atoms with Gasteiger partial charge in [-0.1, -0.05) is 24.3 Å². The molecule has 100 valence electrons. The number of anilines is 1. The summed E-state index contributed by atoms with van der Waals surface area (Å²) in [4.78, 5) is 9.04. The van der Waals surface area contributed by atoms with Gasteiger partial charge in [0.05, 0.1) is 5.52 Å². The maximum atomic E-state index is 13.4. The SMILES string of the molecule is CNc1nc(-c2ccccc2C)nc2ccc(F)cc12. The van der Waals surface area contributed by atoms with Gasteiger partial charge in [0.1, 0.15) is 11.6 Å². The molecule has 4 heteroatoms. The minimum absolute atomic E-state index is 0.291. The molecule has 0 unspecified atom stereocenters. The first-order valence-electron chi connectivity index (χ1n) is 6.40. The van der Waals surface area contributed by atoms with Gasteiger partial charge in [-0.2, -0.15) is 0 Å². The molecule has 3 rings (SSSR count). The van der Waals surface area contributed by atoms with Gasteiger partial charge in [-0.05, 0) is 30.7 Å². The van der Waals surface area contributed by atoms with Gasteiger partial charge < -0.3 is 5.32 Å². The number of hydrogen-bond acceptors (Lipinski definition) is 3. The van der Waals surface area contributed by atoms with Crippen LogP contribution in [0.5, 0.6) is 0 Å². The largest absolute Gasteiger partial charge is 0.373 e. The van der Waals surface area contributed by atoms with Crippen molar-refractivity contribution in [3.63, 3.8) is 0 Å². The van der Waals surface area contributed by atoms with Crippen molar-refractivity contribution in [3.8, 4) is 11.4 Å². The van der Waals surface area contributed by atoms with Crippen molar-refractivity contribution in [2.24, 2.45) is 0 Å². The highest BCUT2D eigenvalue weighted by Crippen LogP contribution is 2.26. The van der Waals surface area contributed by atoms with Crippen LogP contribution in [0.25, 0.3) is 22.3 Å². The van der Waals surface area contributed by atoms with Gasteiger partial charge in [0.15, 0.2) is 5.82 Å². The van der Waals surface area contributed by atoms with Crippen LogP contribution in [-0.4, -0.2) is 17.0 Å². The highest BCUT2D eigenvalue weighted by atomic mass is 19.1. The van der Waals surface area contributed by atoms with Gasteiger partial charge in [0.25, 0.3) is 0 Å². The zero-order valence-corrected chi connectivity index (χ0v) is 11.3. The predicted octanol–water partition coefficient (Wildman–Crippen LogP) is 3.79. The van der Waals surface area contributed by atoms with E-state index >= 15 is 0 Å². The average molecular weight is 267 g/mol. The van der Waals surface area contributed by atoms with Crippen molar-refractivity contribution in [2.75, 3.05) is 12.4 Å². The van der Waals surface area contributed by atoms with Crippen molar-refractivity contribution in [2.45, 2.75) is 6.92 Å². The summed E-state index contributed by atoms with van der Waals surface area (Å²) in [5.41, 5.74) is 2.82. The van der Waals surface area contributed by atoms with Crippen LogP contribution in [0.15, 0.2) is 42.5 Å². The number of fused-ring (bicyclic) bond motifs is 1. The fraction of sp³-hybridized carbons (Fsp3) is 0.125. The molecule has 0 amide bonds. The number of hydrogen-bond donors (Lipinski definition) is 1. The Kier molecular flexibility index (Phi) is 3.06. The second-order valence-electron chi connectivity index (χ2n) is 4.62. The fourth-order valence-corrected chi connectivity index (χ4v) is 2.24. The summed E-state index contributed by atoms with van der Waals surface area (Å²) in [7, 11) is 1.77. The van der Waals surface area contributed by atoms with Gasteiger partial charge in [-0.3, -0.25) is 0 Å². The molecule has 0 aliphatic carbocycles. The minimum Gasteiger partial charge on any atom is -0.373 e. The third-order valence-electron chi connectivity index (χ3n) is 3.28. The van der Waals surface area contributed by atoms with Crippen LogP contribution < -0.4 is 5.32 Å². The molecule has 0 bridgehead atoms. The monoisotopic (exact) mass is 267 g/mol. The van der Waals surface area contributed by atoms with E-state index in [2.05, 4.69) is 15.3 Å². The molecule has 0 radical (unpaired) electrons. The summed E-state index contributed by atoms with van der Waals surface area (Å²) in [5, 5.41) is 3.69. The van der Waals surface area contributed by atoms with Crippen molar-refractivity contribution in [1.29, 1.82) is 0 Å². The molecule has 0 aliphatic heterocycles. The third-order valence-corrected chi connectivity index (χ3v) is 3.28. The van der Waals surface area contributed by atoms with E-state index in [1.54, 1.807) is 13.1 Å². The highest BCUT2D eigenvalue weighted by molar-refractivity contribution is 5.90. The van der Waals surface area contributed by atoms with E-state index in [0.29, 0.717) is 17.0 Å². The second-order valence-corrected chi connectivity index (χ2v) is 4.62. The number of halogens is 1. The van der Waals surface area contributed by atoms with Crippen LogP contribution in [-0.2, 0) is 0 Å². The van der Waals surface area contributed by atoms with Gasteiger partial charge in [-0.15, -0.1) is 0 Å². The van der Waals surface area contributed by atoms with Crippen LogP contribution in [0.1, 0.15) is 5.56 Å². The van der Waals surface area contributed by atoms with Crippen LogP contribution in [0, 0.1) is 12.7 Å². The second kappa shape index (κ2) is 4.89. The molecular formula is C16H14FN3. The molecule has 3 aromatic rings. The lowest BCUT2D eigenvalue weighted by Gasteiger charge is -2.09. The first kappa shape index (κ1) is 12.5. The summed E-state index contributed by atoms with van der Waals surface area (Å²) in [6.07, 6.45) is 0. The topological polar surface area (TPSA) is 37.8 Å². The number of aromatic nitrogens is 2. The first-order valence-corrected chi connectivity index (χ1v) is 6.40. The Hall–Kier alpha value is -2.49. The third kappa shape index (κ3) is 2.09. The van der Waals surface area contributed by atoms with E-state index in [-0.39, 0.29) is 5.82 Å². The molecule has 0 spiro atoms. The molecular weight excluding hydrogens is 253 g/mol. The van der Waals surface area contributed by atoms with Crippen molar-refractivity contribution in [1.82, 2.24) is 9.97 Å². The zero-order chi connectivity index (χ0) is 14.1. The maximum absolute atomic E-state index is 13.4. The quantitative estimate of drug-likeness (QED) is 0.767. The van der Waals surface area contributed by atoms with E-state index in [0.717, 1.165) is 16.6 Å². The van der Waals surface area contributed by atoms with E-state index in [1.165, 1.54) is 12.1 Å². The lowest BCUT2D eigenvalue weighted by Crippen LogP contribution is -1.99. The maximum Gasteiger partial charge on any atom is 0.162 e. The molecule has 1 aromatic heterocycles. The Morgan fingerprint density at radius 1 is 1.05 bits per heavy atom. The summed E-state index contributed by atoms with van der Waals surface area (Å²) < 4.78 is 13.4. The number of benzene rings is 2. The number of aryl methyl sites for hydroxylation is 1. The Bertz CT molecular complexity index is 784. The molecule has 20 heavy (non-hydrogen) atoms. The standard InChI is InChI=1S/C16H14FN3/c1-10-5-3-4-6-12(10)16-19-14-8-7-11(17)9-13(14)15(18-2)20-16/h3-9H,1-2H3,(H,18,19,20). The van der Waals surface area contributed by atoms with Crippen LogP contribution in [0.2, 0.25) is 0 Å². The van der Waals surface area contributed by atoms with E-state index in [4.69, 9.17) is 0 Å². The Labute approximate surface area is 116 Å². The van der Waals surface area contributed by atoms with Crippen LogP contribution in [0.3, 0.4) is 0 Å². The molecule has 0 saturated heterocycles. The van der Waals surface area contributed by atoms with Gasteiger partial charge >= 0.3 is 0 Å². The molecule has 1 heterocycles. The zero-order valence-electron chi connectivity index (χ0n) is 11.3. The molecule has 2 aromatic carbocycles. The number of nitrogens with one attached hydrogen (secondary N) is 1. The summed E-state index contributed by atoms with van der Waals surface area (Å²) in [6.45, 7) is 2.02. The van der Waals surface area contributed by atoms with Crippen molar-refractivity contribution < 1.29 is 4.39 Å². The summed E-state index contributed by atoms with van der Waals surface area (Å²) >= 11 is 0. The van der Waals surface area contributed by atoms with E-state index in [1.807, 2.05) is 31.2 Å². The lowest BCUT2D eigenvalue weighted by molar-refractivity contribution is 0.629. The summed E-state index contributed by atoms with van der Waals surface area (Å²) in [6, 6.07) is 12.5. The van der Waals surface area contributed by atoms with Gasteiger partial charge in [-0.25, -0.2) is 14.4 Å². The minimum atomic E-state index is -0.291. The van der Waals surface area contributed by atoms with E-state index in [9.17, 15) is 4.39 Å². The number of rotatable bonds is 2. The number of nitrogens with zero attached hydrogens (tertiary/aromatic N) is 2. The molecule has 0 fully saturated rings. The smallest absolute Gasteiger partial charge is 0.162 e. The summed E-state index contributed by atoms with van der Waals surface area (Å²) in [5.74, 6) is 0.987.